The minimum absolute atomic E-state index is 0.251. The molecular formula is C27H43FO3. The molecule has 7 atom stereocenters. The Morgan fingerprint density at radius 1 is 1.23 bits per heavy atom. The molecule has 3 nitrogen and oxygen atoms in total. The van der Waals surface area contributed by atoms with Crippen molar-refractivity contribution in [3.63, 3.8) is 0 Å². The first-order valence-electron chi connectivity index (χ1n) is 12.3. The highest BCUT2D eigenvalue weighted by atomic mass is 19.1. The van der Waals surface area contributed by atoms with Crippen LogP contribution in [0.1, 0.15) is 85.5 Å². The quantitative estimate of drug-likeness (QED) is 0.506. The van der Waals surface area contributed by atoms with Crippen LogP contribution in [0.25, 0.3) is 0 Å². The van der Waals surface area contributed by atoms with E-state index in [1.54, 1.807) is 0 Å². The summed E-state index contributed by atoms with van der Waals surface area (Å²) in [5, 5.41) is 30.3. The van der Waals surface area contributed by atoms with E-state index in [-0.39, 0.29) is 5.41 Å². The van der Waals surface area contributed by atoms with Crippen LogP contribution in [0.5, 0.6) is 0 Å². The fourth-order valence-corrected chi connectivity index (χ4v) is 6.64. The van der Waals surface area contributed by atoms with Crippen LogP contribution in [0.3, 0.4) is 0 Å². The standard InChI is InChI=1S/C27H43FO3/c1-17(8-13-25(31)26(3,4)28)22-11-12-23-19(7-6-14-27(22,23)5)9-10-20-15-21(29)16-24(30)18(20)2/h9-10,17,21-25,29-31H,2,6-8,11-16H2,1,3-5H3/t17-,21-,22-,23?,24+,25-,27-/m1/s1. The third-order valence-corrected chi connectivity index (χ3v) is 8.68. The summed E-state index contributed by atoms with van der Waals surface area (Å²) in [5.74, 6) is 1.62. The molecule has 0 spiro atoms. The SMILES string of the molecule is C=C1C(=CC=C2CCC[C@@]3(C)C2CC[C@@H]3[C@H](C)CC[C@@H](O)C(C)(C)F)C[C@@H](O)C[C@@H]1O. The molecule has 3 N–H and O–H groups in total. The summed E-state index contributed by atoms with van der Waals surface area (Å²) in [7, 11) is 0. The zero-order valence-electron chi connectivity index (χ0n) is 19.9. The molecule has 0 aromatic heterocycles. The van der Waals surface area contributed by atoms with E-state index >= 15 is 0 Å². The second kappa shape index (κ2) is 9.49. The van der Waals surface area contributed by atoms with E-state index in [1.165, 1.54) is 45.1 Å². The van der Waals surface area contributed by atoms with E-state index in [2.05, 4.69) is 32.6 Å². The van der Waals surface area contributed by atoms with Crippen LogP contribution in [0, 0.1) is 23.2 Å². The summed E-state index contributed by atoms with van der Waals surface area (Å²) in [6, 6.07) is 0. The van der Waals surface area contributed by atoms with Gasteiger partial charge >= 0.3 is 0 Å². The van der Waals surface area contributed by atoms with Crippen molar-refractivity contribution in [2.75, 3.05) is 0 Å². The fraction of sp³-hybridized carbons (Fsp3) is 0.778. The average Bonchev–Trinajstić information content (AvgIpc) is 3.04. The monoisotopic (exact) mass is 434 g/mol. The predicted molar refractivity (Wildman–Crippen MR) is 124 cm³/mol. The van der Waals surface area contributed by atoms with Crippen LogP contribution >= 0.6 is 0 Å². The second-order valence-electron chi connectivity index (χ2n) is 11.3. The third kappa shape index (κ3) is 5.34. The lowest BCUT2D eigenvalue weighted by molar-refractivity contribution is 0.00301. The van der Waals surface area contributed by atoms with Gasteiger partial charge in [0.15, 0.2) is 0 Å². The molecule has 0 amide bonds. The topological polar surface area (TPSA) is 60.7 Å². The lowest BCUT2D eigenvalue weighted by Gasteiger charge is -2.44. The largest absolute Gasteiger partial charge is 0.393 e. The van der Waals surface area contributed by atoms with Gasteiger partial charge in [0.2, 0.25) is 0 Å². The van der Waals surface area contributed by atoms with Gasteiger partial charge in [0.1, 0.15) is 5.67 Å². The Kier molecular flexibility index (Phi) is 7.55. The molecule has 3 saturated carbocycles. The Morgan fingerprint density at radius 3 is 2.61 bits per heavy atom. The van der Waals surface area contributed by atoms with Crippen LogP contribution in [-0.4, -0.2) is 39.3 Å². The molecule has 0 heterocycles. The van der Waals surface area contributed by atoms with E-state index in [9.17, 15) is 19.7 Å². The molecule has 0 aliphatic heterocycles. The molecule has 3 aliphatic rings. The van der Waals surface area contributed by atoms with E-state index in [0.717, 1.165) is 24.0 Å². The molecule has 3 aliphatic carbocycles. The van der Waals surface area contributed by atoms with Crippen molar-refractivity contribution in [2.45, 2.75) is 109 Å². The zero-order chi connectivity index (χ0) is 23.0. The van der Waals surface area contributed by atoms with Crippen molar-refractivity contribution in [3.05, 3.63) is 35.5 Å². The molecule has 4 heteroatoms. The lowest BCUT2D eigenvalue weighted by Crippen LogP contribution is -2.37. The number of allylic oxidation sites excluding steroid dienone is 3. The first-order valence-corrected chi connectivity index (χ1v) is 12.3. The summed E-state index contributed by atoms with van der Waals surface area (Å²) in [6.45, 7) is 11.7. The number of hydrogen-bond acceptors (Lipinski definition) is 3. The molecule has 0 aromatic carbocycles. The van der Waals surface area contributed by atoms with Crippen molar-refractivity contribution in [1.29, 1.82) is 0 Å². The number of alkyl halides is 1. The van der Waals surface area contributed by atoms with E-state index in [1.807, 2.05) is 0 Å². The Hall–Kier alpha value is -0.970. The molecule has 0 radical (unpaired) electrons. The molecule has 176 valence electrons. The molecule has 0 aromatic rings. The van der Waals surface area contributed by atoms with Gasteiger partial charge in [-0.15, -0.1) is 0 Å². The van der Waals surface area contributed by atoms with Gasteiger partial charge in [-0.2, -0.15) is 0 Å². The number of halogens is 1. The van der Waals surface area contributed by atoms with Crippen molar-refractivity contribution in [1.82, 2.24) is 0 Å². The van der Waals surface area contributed by atoms with Crippen molar-refractivity contribution >= 4 is 0 Å². The molecule has 3 rings (SSSR count). The van der Waals surface area contributed by atoms with Gasteiger partial charge in [-0.3, -0.25) is 0 Å². The van der Waals surface area contributed by atoms with Gasteiger partial charge in [-0.05, 0) is 99.5 Å². The summed E-state index contributed by atoms with van der Waals surface area (Å²) in [6.07, 6.45) is 10.5. The summed E-state index contributed by atoms with van der Waals surface area (Å²) >= 11 is 0. The van der Waals surface area contributed by atoms with Gasteiger partial charge in [-0.25, -0.2) is 4.39 Å². The second-order valence-corrected chi connectivity index (χ2v) is 11.3. The Bertz CT molecular complexity index is 718. The minimum atomic E-state index is -1.54. The van der Waals surface area contributed by atoms with E-state index in [4.69, 9.17) is 0 Å². The van der Waals surface area contributed by atoms with Crippen LogP contribution in [0.15, 0.2) is 35.5 Å². The van der Waals surface area contributed by atoms with E-state index < -0.39 is 24.0 Å². The van der Waals surface area contributed by atoms with Crippen molar-refractivity contribution in [3.8, 4) is 0 Å². The van der Waals surface area contributed by atoms with Crippen molar-refractivity contribution < 1.29 is 19.7 Å². The Balaban J connectivity index is 1.71. The van der Waals surface area contributed by atoms with Gasteiger partial charge in [0, 0.05) is 6.42 Å². The maximum atomic E-state index is 14.0. The number of aliphatic hydroxyl groups excluding tert-OH is 3. The molecular weight excluding hydrogens is 391 g/mol. The maximum absolute atomic E-state index is 14.0. The summed E-state index contributed by atoms with van der Waals surface area (Å²) in [5.41, 5.74) is 1.91. The average molecular weight is 435 g/mol. The number of fused-ring (bicyclic) bond motifs is 1. The molecule has 3 fully saturated rings. The first-order chi connectivity index (χ1) is 14.4. The predicted octanol–water partition coefficient (Wildman–Crippen LogP) is 5.65. The molecule has 0 saturated heterocycles. The Morgan fingerprint density at radius 2 is 1.94 bits per heavy atom. The highest BCUT2D eigenvalue weighted by molar-refractivity contribution is 5.38. The zero-order valence-corrected chi connectivity index (χ0v) is 19.9. The van der Waals surface area contributed by atoms with Gasteiger partial charge in [-0.1, -0.05) is 38.2 Å². The smallest absolute Gasteiger partial charge is 0.131 e. The number of rotatable bonds is 6. The van der Waals surface area contributed by atoms with Gasteiger partial charge in [0.25, 0.3) is 0 Å². The molecule has 31 heavy (non-hydrogen) atoms. The highest BCUT2D eigenvalue weighted by Crippen LogP contribution is 2.60. The van der Waals surface area contributed by atoms with Crippen LogP contribution in [0.4, 0.5) is 4.39 Å². The summed E-state index contributed by atoms with van der Waals surface area (Å²) in [4.78, 5) is 0. The number of hydrogen-bond donors (Lipinski definition) is 3. The van der Waals surface area contributed by atoms with Crippen molar-refractivity contribution in [2.24, 2.45) is 23.2 Å². The van der Waals surface area contributed by atoms with Crippen LogP contribution in [-0.2, 0) is 0 Å². The first kappa shape index (κ1) is 24.7. The van der Waals surface area contributed by atoms with Crippen LogP contribution < -0.4 is 0 Å². The third-order valence-electron chi connectivity index (χ3n) is 8.68. The van der Waals surface area contributed by atoms with Crippen LogP contribution in [0.2, 0.25) is 0 Å². The summed E-state index contributed by atoms with van der Waals surface area (Å²) < 4.78 is 14.0. The Labute approximate surface area is 188 Å². The molecule has 0 bridgehead atoms. The van der Waals surface area contributed by atoms with Gasteiger partial charge in [0.05, 0.1) is 18.3 Å². The maximum Gasteiger partial charge on any atom is 0.131 e. The lowest BCUT2D eigenvalue weighted by atomic mass is 9.60. The minimum Gasteiger partial charge on any atom is -0.393 e. The molecule has 1 unspecified atom stereocenters. The van der Waals surface area contributed by atoms with Gasteiger partial charge < -0.3 is 15.3 Å². The number of aliphatic hydroxyl groups is 3. The normalized spacial score (nSPS) is 39.0. The highest BCUT2D eigenvalue weighted by Gasteiger charge is 2.50. The van der Waals surface area contributed by atoms with E-state index in [0.29, 0.717) is 37.0 Å². The fourth-order valence-electron chi connectivity index (χ4n) is 6.64.